The van der Waals surface area contributed by atoms with Gasteiger partial charge in [0.05, 0.1) is 23.1 Å². The van der Waals surface area contributed by atoms with E-state index in [2.05, 4.69) is 20.5 Å². The third-order valence-electron chi connectivity index (χ3n) is 7.80. The van der Waals surface area contributed by atoms with E-state index in [1.54, 1.807) is 18.2 Å². The first kappa shape index (κ1) is 24.1. The number of aliphatic hydroxyl groups is 1. The molecule has 1 spiro atoms. The minimum atomic E-state index is -3.51. The number of pyridine rings is 1. The van der Waals surface area contributed by atoms with Crippen molar-refractivity contribution in [2.45, 2.75) is 61.6 Å². The molecule has 0 unspecified atom stereocenters. The highest BCUT2D eigenvalue weighted by atomic mass is 32.2. The monoisotopic (exact) mass is 498 g/mol. The predicted octanol–water partition coefficient (Wildman–Crippen LogP) is 3.83. The number of sulfone groups is 1. The number of carbonyl (C=O) groups is 1. The van der Waals surface area contributed by atoms with Gasteiger partial charge in [-0.05, 0) is 74.3 Å². The number of anilines is 3. The summed E-state index contributed by atoms with van der Waals surface area (Å²) in [6, 6.07) is 10.3. The lowest BCUT2D eigenvalue weighted by Gasteiger charge is -2.35. The van der Waals surface area contributed by atoms with E-state index in [-0.39, 0.29) is 28.6 Å². The van der Waals surface area contributed by atoms with E-state index in [4.69, 9.17) is 0 Å². The zero-order chi connectivity index (χ0) is 24.5. The van der Waals surface area contributed by atoms with Crippen LogP contribution < -0.4 is 15.5 Å². The molecule has 0 radical (unpaired) electrons. The molecule has 1 aromatic heterocycles. The quantitative estimate of drug-likeness (QED) is 0.507. The fourth-order valence-corrected chi connectivity index (χ4v) is 7.18. The molecule has 0 bridgehead atoms. The lowest BCUT2D eigenvalue weighted by Crippen LogP contribution is -2.35. The van der Waals surface area contributed by atoms with Crippen molar-refractivity contribution in [3.05, 3.63) is 42.0 Å². The van der Waals surface area contributed by atoms with Crippen LogP contribution >= 0.6 is 0 Å². The minimum absolute atomic E-state index is 0.0234. The molecule has 0 atom stereocenters. The Hall–Kier alpha value is -2.65. The maximum atomic E-state index is 13.4. The Morgan fingerprint density at radius 3 is 2.51 bits per heavy atom. The van der Waals surface area contributed by atoms with Crippen LogP contribution in [-0.4, -0.2) is 55.9 Å². The average molecular weight is 499 g/mol. The van der Waals surface area contributed by atoms with Gasteiger partial charge in [0.25, 0.3) is 5.91 Å². The molecule has 188 valence electrons. The zero-order valence-corrected chi connectivity index (χ0v) is 20.8. The third kappa shape index (κ3) is 5.16. The summed E-state index contributed by atoms with van der Waals surface area (Å²) in [5.74, 6) is -0.0820. The van der Waals surface area contributed by atoms with Gasteiger partial charge in [-0.25, -0.2) is 13.4 Å². The number of aromatic nitrogens is 1. The van der Waals surface area contributed by atoms with Gasteiger partial charge in [0.2, 0.25) is 0 Å². The Balaban J connectivity index is 1.38. The topological polar surface area (TPSA) is 112 Å². The van der Waals surface area contributed by atoms with E-state index in [1.165, 1.54) is 18.9 Å². The molecule has 1 amide bonds. The summed E-state index contributed by atoms with van der Waals surface area (Å²) in [5, 5.41) is 14.8. The van der Waals surface area contributed by atoms with Crippen LogP contribution in [0.3, 0.4) is 0 Å². The van der Waals surface area contributed by atoms with Gasteiger partial charge in [-0.1, -0.05) is 18.9 Å². The Morgan fingerprint density at radius 2 is 1.83 bits per heavy atom. The van der Waals surface area contributed by atoms with E-state index in [0.717, 1.165) is 50.1 Å². The molecule has 1 saturated heterocycles. The second-order valence-electron chi connectivity index (χ2n) is 10.1. The molecule has 3 fully saturated rings. The largest absolute Gasteiger partial charge is 0.395 e. The van der Waals surface area contributed by atoms with Gasteiger partial charge in [0.15, 0.2) is 14.9 Å². The summed E-state index contributed by atoms with van der Waals surface area (Å²) in [6.45, 7) is 2.25. The lowest BCUT2D eigenvalue weighted by molar-refractivity contribution is 0.102. The van der Waals surface area contributed by atoms with Crippen LogP contribution in [0.4, 0.5) is 17.2 Å². The van der Waals surface area contributed by atoms with Crippen molar-refractivity contribution in [1.29, 1.82) is 0 Å². The van der Waals surface area contributed by atoms with Crippen LogP contribution in [0.1, 0.15) is 61.7 Å². The molecule has 1 aliphatic heterocycles. The molecule has 3 N–H and O–H groups in total. The first-order valence-corrected chi connectivity index (χ1v) is 14.2. The van der Waals surface area contributed by atoms with Crippen LogP contribution in [0.2, 0.25) is 0 Å². The number of aliphatic hydroxyl groups excluding tert-OH is 1. The fraction of sp³-hybridized carbons (Fsp3) is 0.538. The zero-order valence-electron chi connectivity index (χ0n) is 20.0. The van der Waals surface area contributed by atoms with Crippen LogP contribution in [0.15, 0.2) is 41.4 Å². The number of carbonyl (C=O) groups excluding carboxylic acids is 1. The van der Waals surface area contributed by atoms with Crippen LogP contribution in [-0.2, 0) is 9.84 Å². The normalized spacial score (nSPS) is 19.6. The summed E-state index contributed by atoms with van der Waals surface area (Å²) >= 11 is 0. The average Bonchev–Trinajstić information content (AvgIpc) is 3.38. The predicted molar refractivity (Wildman–Crippen MR) is 137 cm³/mol. The number of piperidine rings is 1. The summed E-state index contributed by atoms with van der Waals surface area (Å²) in [7, 11) is -3.51. The first-order chi connectivity index (χ1) is 16.9. The van der Waals surface area contributed by atoms with Crippen molar-refractivity contribution in [2.75, 3.05) is 41.8 Å². The Kier molecular flexibility index (Phi) is 6.72. The standard InChI is InChI=1S/C26H34N4O4S/c31-17-14-27-19-8-9-21(22(18-19)30-15-12-26(10-11-26)13-16-30)25(32)29-23-6-3-7-24(28-23)35(33,34)20-4-1-2-5-20/h3,6-9,18,20,27,31H,1-2,4-5,10-17H2,(H,28,29,32). The van der Waals surface area contributed by atoms with E-state index in [1.807, 2.05) is 12.1 Å². The molecule has 2 aliphatic carbocycles. The Bertz CT molecular complexity index is 1180. The summed E-state index contributed by atoms with van der Waals surface area (Å²) in [5.41, 5.74) is 2.73. The summed E-state index contributed by atoms with van der Waals surface area (Å²) in [4.78, 5) is 19.9. The summed E-state index contributed by atoms with van der Waals surface area (Å²) in [6.07, 6.45) is 8.04. The molecule has 3 aliphatic rings. The van der Waals surface area contributed by atoms with Crippen LogP contribution in [0.5, 0.6) is 0 Å². The van der Waals surface area contributed by atoms with Crippen LogP contribution in [0.25, 0.3) is 0 Å². The Labute approximate surface area is 207 Å². The van der Waals surface area contributed by atoms with Crippen molar-refractivity contribution >= 4 is 32.9 Å². The van der Waals surface area contributed by atoms with Crippen molar-refractivity contribution in [2.24, 2.45) is 5.41 Å². The maximum absolute atomic E-state index is 13.4. The first-order valence-electron chi connectivity index (χ1n) is 12.7. The maximum Gasteiger partial charge on any atom is 0.258 e. The van der Waals surface area contributed by atoms with Crippen molar-refractivity contribution in [3.63, 3.8) is 0 Å². The van der Waals surface area contributed by atoms with Gasteiger partial charge in [0.1, 0.15) is 5.82 Å². The minimum Gasteiger partial charge on any atom is -0.395 e. The smallest absolute Gasteiger partial charge is 0.258 e. The van der Waals surface area contributed by atoms with Crippen molar-refractivity contribution < 1.29 is 18.3 Å². The second-order valence-corrected chi connectivity index (χ2v) is 12.3. The molecular formula is C26H34N4O4S. The highest BCUT2D eigenvalue weighted by molar-refractivity contribution is 7.92. The number of amides is 1. The van der Waals surface area contributed by atoms with Gasteiger partial charge in [-0.2, -0.15) is 0 Å². The van der Waals surface area contributed by atoms with Gasteiger partial charge in [0, 0.05) is 25.3 Å². The molecule has 2 heterocycles. The molecule has 1 aromatic carbocycles. The number of nitrogens with one attached hydrogen (secondary N) is 2. The third-order valence-corrected chi connectivity index (χ3v) is 9.96. The molecule has 9 heteroatoms. The fourth-order valence-electron chi connectivity index (χ4n) is 5.39. The van der Waals surface area contributed by atoms with Crippen molar-refractivity contribution in [1.82, 2.24) is 4.98 Å². The number of hydrogen-bond acceptors (Lipinski definition) is 7. The highest BCUT2D eigenvalue weighted by Crippen LogP contribution is 2.54. The number of hydrogen-bond donors (Lipinski definition) is 3. The van der Waals surface area contributed by atoms with Crippen LogP contribution in [0, 0.1) is 5.41 Å². The molecule has 8 nitrogen and oxygen atoms in total. The Morgan fingerprint density at radius 1 is 1.09 bits per heavy atom. The number of nitrogens with zero attached hydrogens (tertiary/aromatic N) is 2. The highest BCUT2D eigenvalue weighted by Gasteiger charge is 2.44. The number of benzene rings is 1. The molecule has 2 saturated carbocycles. The molecule has 35 heavy (non-hydrogen) atoms. The van der Waals surface area contributed by atoms with Crippen molar-refractivity contribution in [3.8, 4) is 0 Å². The van der Waals surface area contributed by atoms with E-state index >= 15 is 0 Å². The van der Waals surface area contributed by atoms with Gasteiger partial charge >= 0.3 is 0 Å². The van der Waals surface area contributed by atoms with Gasteiger partial charge < -0.3 is 20.6 Å². The van der Waals surface area contributed by atoms with E-state index in [9.17, 15) is 18.3 Å². The molecular weight excluding hydrogens is 464 g/mol. The number of rotatable bonds is 8. The molecule has 2 aromatic rings. The lowest BCUT2D eigenvalue weighted by atomic mass is 9.93. The van der Waals surface area contributed by atoms with E-state index in [0.29, 0.717) is 30.4 Å². The van der Waals surface area contributed by atoms with Gasteiger partial charge in [-0.15, -0.1) is 0 Å². The van der Waals surface area contributed by atoms with Gasteiger partial charge in [-0.3, -0.25) is 4.79 Å². The molecule has 5 rings (SSSR count). The summed E-state index contributed by atoms with van der Waals surface area (Å²) < 4.78 is 26.0. The SMILES string of the molecule is O=C(Nc1cccc(S(=O)(=O)C2CCCC2)n1)c1ccc(NCCO)cc1N1CCC2(CC1)CC2. The van der Waals surface area contributed by atoms with E-state index < -0.39 is 9.84 Å². The second kappa shape index (κ2) is 9.78.